The lowest BCUT2D eigenvalue weighted by molar-refractivity contribution is -0.127. The van der Waals surface area contributed by atoms with Gasteiger partial charge in [0.05, 0.1) is 0 Å². The zero-order chi connectivity index (χ0) is 7.19. The van der Waals surface area contributed by atoms with Gasteiger partial charge in [-0.3, -0.25) is 4.79 Å². The third-order valence-electron chi connectivity index (χ3n) is 2.82. The summed E-state index contributed by atoms with van der Waals surface area (Å²) in [4.78, 5) is 10.7. The van der Waals surface area contributed by atoms with Gasteiger partial charge in [0.2, 0.25) is 0 Å². The highest BCUT2D eigenvalue weighted by molar-refractivity contribution is 5.84. The minimum Gasteiger partial charge on any atom is -0.296 e. The Labute approximate surface area is 59.6 Å². The van der Waals surface area contributed by atoms with E-state index in [0.717, 1.165) is 19.3 Å². The molecule has 1 atom stereocenters. The molecule has 2 fully saturated rings. The Balaban J connectivity index is 2.04. The Morgan fingerprint density at radius 2 is 2.10 bits per heavy atom. The molecule has 0 N–H and O–H groups in total. The van der Waals surface area contributed by atoms with Gasteiger partial charge in [0.15, 0.2) is 12.0 Å². The van der Waals surface area contributed by atoms with Crippen LogP contribution in [0.2, 0.25) is 0 Å². The lowest BCUT2D eigenvalue weighted by Crippen LogP contribution is -2.26. The Kier molecular flexibility index (Phi) is 1.14. The molecule has 0 aromatic carbocycles. The SMILES string of the molecule is O=C1CCC2(CC2)CC1F. The maximum atomic E-state index is 12.8. The van der Waals surface area contributed by atoms with Gasteiger partial charge in [0.25, 0.3) is 0 Å². The van der Waals surface area contributed by atoms with Crippen LogP contribution in [0.1, 0.15) is 32.1 Å². The molecule has 1 unspecified atom stereocenters. The number of rotatable bonds is 0. The highest BCUT2D eigenvalue weighted by atomic mass is 19.1. The minimum absolute atomic E-state index is 0.169. The fourth-order valence-corrected chi connectivity index (χ4v) is 1.77. The Morgan fingerprint density at radius 3 is 2.60 bits per heavy atom. The van der Waals surface area contributed by atoms with Crippen molar-refractivity contribution in [2.45, 2.75) is 38.3 Å². The van der Waals surface area contributed by atoms with Gasteiger partial charge in [-0.2, -0.15) is 0 Å². The summed E-state index contributed by atoms with van der Waals surface area (Å²) in [6, 6.07) is 0. The molecule has 1 nitrogen and oxygen atoms in total. The van der Waals surface area contributed by atoms with Crippen molar-refractivity contribution in [3.05, 3.63) is 0 Å². The molecule has 2 rings (SSSR count). The predicted molar refractivity (Wildman–Crippen MR) is 35.4 cm³/mol. The van der Waals surface area contributed by atoms with Crippen LogP contribution in [0.15, 0.2) is 0 Å². The van der Waals surface area contributed by atoms with Crippen LogP contribution in [0.5, 0.6) is 0 Å². The zero-order valence-electron chi connectivity index (χ0n) is 5.90. The smallest absolute Gasteiger partial charge is 0.166 e. The standard InChI is InChI=1S/C8H11FO/c9-6-5-8(3-4-8)2-1-7(6)10/h6H,1-5H2. The summed E-state index contributed by atoms with van der Waals surface area (Å²) in [5, 5.41) is 0. The third kappa shape index (κ3) is 0.862. The second-order valence-corrected chi connectivity index (χ2v) is 3.64. The molecule has 2 aliphatic rings. The fourth-order valence-electron chi connectivity index (χ4n) is 1.77. The molecule has 0 heterocycles. The van der Waals surface area contributed by atoms with Crippen molar-refractivity contribution < 1.29 is 9.18 Å². The van der Waals surface area contributed by atoms with Crippen molar-refractivity contribution in [2.75, 3.05) is 0 Å². The van der Waals surface area contributed by atoms with Crippen LogP contribution in [-0.2, 0) is 4.79 Å². The number of alkyl halides is 1. The van der Waals surface area contributed by atoms with Gasteiger partial charge < -0.3 is 0 Å². The quantitative estimate of drug-likeness (QED) is 0.504. The van der Waals surface area contributed by atoms with Gasteiger partial charge >= 0.3 is 0 Å². The van der Waals surface area contributed by atoms with Gasteiger partial charge in [0.1, 0.15) is 0 Å². The van der Waals surface area contributed by atoms with E-state index in [1.165, 1.54) is 0 Å². The fraction of sp³-hybridized carbons (Fsp3) is 0.875. The maximum Gasteiger partial charge on any atom is 0.166 e. The summed E-state index contributed by atoms with van der Waals surface area (Å²) in [5.41, 5.74) is 0.285. The van der Waals surface area contributed by atoms with Gasteiger partial charge in [-0.1, -0.05) is 0 Å². The molecular formula is C8H11FO. The molecule has 0 amide bonds. The lowest BCUT2D eigenvalue weighted by Gasteiger charge is -2.22. The molecule has 56 valence electrons. The highest BCUT2D eigenvalue weighted by Crippen LogP contribution is 2.55. The first-order chi connectivity index (χ1) is 4.72. The number of hydrogen-bond donors (Lipinski definition) is 0. The largest absolute Gasteiger partial charge is 0.296 e. The molecule has 0 saturated heterocycles. The van der Waals surface area contributed by atoms with Crippen molar-refractivity contribution in [2.24, 2.45) is 5.41 Å². The van der Waals surface area contributed by atoms with Crippen LogP contribution in [0.25, 0.3) is 0 Å². The van der Waals surface area contributed by atoms with Gasteiger partial charge in [-0.15, -0.1) is 0 Å². The van der Waals surface area contributed by atoms with Crippen LogP contribution in [0.3, 0.4) is 0 Å². The third-order valence-corrected chi connectivity index (χ3v) is 2.82. The van der Waals surface area contributed by atoms with E-state index in [1.807, 2.05) is 0 Å². The number of ketones is 1. The molecule has 2 heteroatoms. The van der Waals surface area contributed by atoms with Crippen molar-refractivity contribution in [1.29, 1.82) is 0 Å². The summed E-state index contributed by atoms with van der Waals surface area (Å²) in [6.07, 6.45) is 3.14. The summed E-state index contributed by atoms with van der Waals surface area (Å²) >= 11 is 0. The van der Waals surface area contributed by atoms with Crippen molar-refractivity contribution >= 4 is 5.78 Å². The number of halogens is 1. The van der Waals surface area contributed by atoms with Gasteiger partial charge in [0, 0.05) is 6.42 Å². The van der Waals surface area contributed by atoms with Crippen LogP contribution < -0.4 is 0 Å². The summed E-state index contributed by atoms with van der Waals surface area (Å²) in [7, 11) is 0. The minimum atomic E-state index is -1.13. The molecule has 0 aromatic heterocycles. The number of carbonyl (C=O) groups excluding carboxylic acids is 1. The molecule has 2 aliphatic carbocycles. The summed E-state index contributed by atoms with van der Waals surface area (Å²) in [6.45, 7) is 0. The summed E-state index contributed by atoms with van der Waals surface area (Å²) in [5.74, 6) is -0.169. The van der Waals surface area contributed by atoms with Gasteiger partial charge in [-0.05, 0) is 31.1 Å². The monoisotopic (exact) mass is 142 g/mol. The van der Waals surface area contributed by atoms with Crippen LogP contribution in [0, 0.1) is 5.41 Å². The Hall–Kier alpha value is -0.400. The molecule has 2 saturated carbocycles. The number of carbonyl (C=O) groups is 1. The molecular weight excluding hydrogens is 131 g/mol. The zero-order valence-corrected chi connectivity index (χ0v) is 5.90. The van der Waals surface area contributed by atoms with Crippen LogP contribution >= 0.6 is 0 Å². The highest BCUT2D eigenvalue weighted by Gasteiger charge is 2.48. The maximum absolute atomic E-state index is 12.8. The second-order valence-electron chi connectivity index (χ2n) is 3.64. The molecule has 0 aromatic rings. The second kappa shape index (κ2) is 1.80. The average molecular weight is 142 g/mol. The number of Topliss-reactive ketones (excluding diaryl/α,β-unsaturated/α-hetero) is 1. The molecule has 0 aliphatic heterocycles. The van der Waals surface area contributed by atoms with Crippen molar-refractivity contribution in [3.63, 3.8) is 0 Å². The van der Waals surface area contributed by atoms with E-state index in [4.69, 9.17) is 0 Å². The number of hydrogen-bond acceptors (Lipinski definition) is 1. The Bertz CT molecular complexity index is 172. The first kappa shape index (κ1) is 6.32. The first-order valence-corrected chi connectivity index (χ1v) is 3.89. The van der Waals surface area contributed by atoms with E-state index in [-0.39, 0.29) is 11.2 Å². The van der Waals surface area contributed by atoms with E-state index >= 15 is 0 Å². The normalized spacial score (nSPS) is 36.5. The van der Waals surface area contributed by atoms with E-state index in [2.05, 4.69) is 0 Å². The van der Waals surface area contributed by atoms with Crippen LogP contribution in [0.4, 0.5) is 4.39 Å². The lowest BCUT2D eigenvalue weighted by atomic mass is 9.84. The molecule has 0 bridgehead atoms. The topological polar surface area (TPSA) is 17.1 Å². The first-order valence-electron chi connectivity index (χ1n) is 3.89. The molecule has 1 spiro atoms. The van der Waals surface area contributed by atoms with Crippen LogP contribution in [-0.4, -0.2) is 12.0 Å². The van der Waals surface area contributed by atoms with E-state index in [0.29, 0.717) is 12.8 Å². The average Bonchev–Trinajstić information content (AvgIpc) is 2.62. The van der Waals surface area contributed by atoms with Crippen molar-refractivity contribution in [3.8, 4) is 0 Å². The van der Waals surface area contributed by atoms with E-state index in [1.54, 1.807) is 0 Å². The Morgan fingerprint density at radius 1 is 1.40 bits per heavy atom. The summed E-state index contributed by atoms with van der Waals surface area (Å²) < 4.78 is 12.8. The predicted octanol–water partition coefficient (Wildman–Crippen LogP) is 1.86. The van der Waals surface area contributed by atoms with E-state index < -0.39 is 6.17 Å². The molecule has 10 heavy (non-hydrogen) atoms. The molecule has 0 radical (unpaired) electrons. The van der Waals surface area contributed by atoms with Gasteiger partial charge in [-0.25, -0.2) is 4.39 Å². The van der Waals surface area contributed by atoms with E-state index in [9.17, 15) is 9.18 Å². The van der Waals surface area contributed by atoms with Crippen molar-refractivity contribution in [1.82, 2.24) is 0 Å².